The summed E-state index contributed by atoms with van der Waals surface area (Å²) < 4.78 is 1.55. The highest BCUT2D eigenvalue weighted by molar-refractivity contribution is 6.30. The molecule has 0 fully saturated rings. The maximum Gasteiger partial charge on any atom is 0.244 e. The fraction of sp³-hybridized carbons (Fsp3) is 0.462. The van der Waals surface area contributed by atoms with Crippen LogP contribution in [0.5, 0.6) is 0 Å². The smallest absolute Gasteiger partial charge is 0.244 e. The van der Waals surface area contributed by atoms with Gasteiger partial charge >= 0.3 is 0 Å². The van der Waals surface area contributed by atoms with E-state index in [1.807, 2.05) is 13.8 Å². The Balaban J connectivity index is 1.86. The SMILES string of the molecule is Cc1n[nH]c(C)c1CCNC(=O)C(C)n1cc(Cl)cn1. The molecule has 108 valence electrons. The van der Waals surface area contributed by atoms with E-state index in [2.05, 4.69) is 20.6 Å². The van der Waals surface area contributed by atoms with Crippen molar-refractivity contribution >= 4 is 17.5 Å². The van der Waals surface area contributed by atoms with Crippen LogP contribution in [-0.4, -0.2) is 32.4 Å². The van der Waals surface area contributed by atoms with Gasteiger partial charge in [-0.3, -0.25) is 14.6 Å². The molecule has 0 saturated carbocycles. The minimum atomic E-state index is -0.381. The van der Waals surface area contributed by atoms with Crippen LogP contribution in [0.25, 0.3) is 0 Å². The third-order valence-electron chi connectivity index (χ3n) is 3.30. The van der Waals surface area contributed by atoms with Gasteiger partial charge in [-0.05, 0) is 32.8 Å². The van der Waals surface area contributed by atoms with Gasteiger partial charge in [0.1, 0.15) is 6.04 Å². The second kappa shape index (κ2) is 6.09. The lowest BCUT2D eigenvalue weighted by molar-refractivity contribution is -0.124. The Morgan fingerprint density at radius 1 is 1.55 bits per heavy atom. The fourth-order valence-corrected chi connectivity index (χ4v) is 2.19. The van der Waals surface area contributed by atoms with Gasteiger partial charge in [-0.1, -0.05) is 11.6 Å². The first-order chi connectivity index (χ1) is 9.49. The van der Waals surface area contributed by atoms with Crippen molar-refractivity contribution in [2.45, 2.75) is 33.2 Å². The van der Waals surface area contributed by atoms with Gasteiger partial charge in [0.25, 0.3) is 0 Å². The van der Waals surface area contributed by atoms with Gasteiger partial charge in [0, 0.05) is 18.4 Å². The van der Waals surface area contributed by atoms with Gasteiger partial charge in [0.05, 0.1) is 16.9 Å². The van der Waals surface area contributed by atoms with Gasteiger partial charge in [0.15, 0.2) is 0 Å². The van der Waals surface area contributed by atoms with Crippen LogP contribution in [0.15, 0.2) is 12.4 Å². The molecule has 0 saturated heterocycles. The molecule has 1 unspecified atom stereocenters. The number of carbonyl (C=O) groups is 1. The maximum atomic E-state index is 12.0. The molecule has 0 aliphatic heterocycles. The van der Waals surface area contributed by atoms with Crippen molar-refractivity contribution in [2.75, 3.05) is 6.54 Å². The molecule has 0 aromatic carbocycles. The molecule has 0 aliphatic carbocycles. The molecule has 0 radical (unpaired) electrons. The first-order valence-corrected chi connectivity index (χ1v) is 6.84. The van der Waals surface area contributed by atoms with Gasteiger partial charge in [0.2, 0.25) is 5.91 Å². The number of halogens is 1. The summed E-state index contributed by atoms with van der Waals surface area (Å²) in [6.45, 7) is 6.28. The Kier molecular flexibility index (Phi) is 4.44. The second-order valence-electron chi connectivity index (χ2n) is 4.77. The van der Waals surface area contributed by atoms with Crippen LogP contribution in [0.4, 0.5) is 0 Å². The number of hydrogen-bond acceptors (Lipinski definition) is 3. The van der Waals surface area contributed by atoms with E-state index < -0.39 is 0 Å². The normalized spacial score (nSPS) is 12.4. The summed E-state index contributed by atoms with van der Waals surface area (Å²) in [5.41, 5.74) is 3.17. The second-order valence-corrected chi connectivity index (χ2v) is 5.20. The average molecular weight is 296 g/mol. The van der Waals surface area contributed by atoms with Crippen molar-refractivity contribution in [3.8, 4) is 0 Å². The first kappa shape index (κ1) is 14.6. The predicted octanol–water partition coefficient (Wildman–Crippen LogP) is 1.80. The highest BCUT2D eigenvalue weighted by Crippen LogP contribution is 2.11. The topological polar surface area (TPSA) is 75.6 Å². The number of nitrogens with zero attached hydrogens (tertiary/aromatic N) is 3. The molecule has 20 heavy (non-hydrogen) atoms. The van der Waals surface area contributed by atoms with Crippen LogP contribution < -0.4 is 5.32 Å². The van der Waals surface area contributed by atoms with Crippen molar-refractivity contribution in [1.82, 2.24) is 25.3 Å². The molecule has 2 N–H and O–H groups in total. The minimum Gasteiger partial charge on any atom is -0.354 e. The van der Waals surface area contributed by atoms with Gasteiger partial charge in [-0.2, -0.15) is 10.2 Å². The zero-order valence-electron chi connectivity index (χ0n) is 11.8. The summed E-state index contributed by atoms with van der Waals surface area (Å²) >= 11 is 5.79. The van der Waals surface area contributed by atoms with Gasteiger partial charge in [-0.15, -0.1) is 0 Å². The fourth-order valence-electron chi connectivity index (χ4n) is 2.05. The minimum absolute atomic E-state index is 0.0800. The Morgan fingerprint density at radius 2 is 2.30 bits per heavy atom. The number of aromatic nitrogens is 4. The summed E-state index contributed by atoms with van der Waals surface area (Å²) in [4.78, 5) is 12.0. The Bertz CT molecular complexity index is 584. The van der Waals surface area contributed by atoms with E-state index in [0.717, 1.165) is 23.4 Å². The number of carbonyl (C=O) groups excluding carboxylic acids is 1. The largest absolute Gasteiger partial charge is 0.354 e. The van der Waals surface area contributed by atoms with Crippen molar-refractivity contribution in [1.29, 1.82) is 0 Å². The first-order valence-electron chi connectivity index (χ1n) is 6.47. The Hall–Kier alpha value is -1.82. The molecule has 2 heterocycles. The summed E-state index contributed by atoms with van der Waals surface area (Å²) in [6.07, 6.45) is 3.91. The number of H-pyrrole nitrogens is 1. The van der Waals surface area contributed by atoms with Crippen molar-refractivity contribution in [3.05, 3.63) is 34.4 Å². The molecule has 2 aromatic rings. The summed E-state index contributed by atoms with van der Waals surface area (Å²) in [5, 5.41) is 14.5. The van der Waals surface area contributed by atoms with Gasteiger partial charge in [-0.25, -0.2) is 0 Å². The Morgan fingerprint density at radius 3 is 2.85 bits per heavy atom. The number of amides is 1. The van der Waals surface area contributed by atoms with E-state index in [9.17, 15) is 4.79 Å². The molecule has 0 aliphatic rings. The predicted molar refractivity (Wildman–Crippen MR) is 76.7 cm³/mol. The van der Waals surface area contributed by atoms with Crippen molar-refractivity contribution < 1.29 is 4.79 Å². The van der Waals surface area contributed by atoms with Crippen LogP contribution >= 0.6 is 11.6 Å². The van der Waals surface area contributed by atoms with E-state index in [0.29, 0.717) is 11.6 Å². The van der Waals surface area contributed by atoms with Crippen LogP contribution in [0.2, 0.25) is 5.02 Å². The molecule has 0 bridgehead atoms. The molecule has 7 heteroatoms. The molecule has 2 rings (SSSR count). The molecule has 2 aromatic heterocycles. The van der Waals surface area contributed by atoms with Crippen LogP contribution in [0, 0.1) is 13.8 Å². The quantitative estimate of drug-likeness (QED) is 0.883. The molecular formula is C13H18ClN5O. The van der Waals surface area contributed by atoms with Crippen molar-refractivity contribution in [3.63, 3.8) is 0 Å². The van der Waals surface area contributed by atoms with Crippen LogP contribution in [0.1, 0.15) is 29.9 Å². The lowest BCUT2D eigenvalue weighted by Gasteiger charge is -2.12. The third-order valence-corrected chi connectivity index (χ3v) is 3.50. The van der Waals surface area contributed by atoms with E-state index in [1.165, 1.54) is 6.20 Å². The van der Waals surface area contributed by atoms with E-state index in [4.69, 9.17) is 11.6 Å². The van der Waals surface area contributed by atoms with Crippen LogP contribution in [0.3, 0.4) is 0 Å². The molecular weight excluding hydrogens is 278 g/mol. The lowest BCUT2D eigenvalue weighted by Crippen LogP contribution is -2.32. The molecule has 1 atom stereocenters. The van der Waals surface area contributed by atoms with E-state index in [1.54, 1.807) is 17.8 Å². The number of rotatable bonds is 5. The van der Waals surface area contributed by atoms with Crippen molar-refractivity contribution in [2.24, 2.45) is 0 Å². The number of hydrogen-bond donors (Lipinski definition) is 2. The number of aromatic amines is 1. The molecule has 6 nitrogen and oxygen atoms in total. The highest BCUT2D eigenvalue weighted by Gasteiger charge is 2.15. The average Bonchev–Trinajstić information content (AvgIpc) is 2.97. The molecule has 0 spiro atoms. The monoisotopic (exact) mass is 295 g/mol. The summed E-state index contributed by atoms with van der Waals surface area (Å²) in [6, 6.07) is -0.381. The summed E-state index contributed by atoms with van der Waals surface area (Å²) in [5.74, 6) is -0.0800. The zero-order valence-corrected chi connectivity index (χ0v) is 12.5. The standard InChI is InChI=1S/C13H18ClN5O/c1-8-12(9(2)18-17-8)4-5-15-13(20)10(3)19-7-11(14)6-16-19/h6-7,10H,4-5H2,1-3H3,(H,15,20)(H,17,18). The Labute approximate surface area is 122 Å². The van der Waals surface area contributed by atoms with E-state index >= 15 is 0 Å². The van der Waals surface area contributed by atoms with E-state index in [-0.39, 0.29) is 11.9 Å². The number of nitrogens with one attached hydrogen (secondary N) is 2. The number of aryl methyl sites for hydroxylation is 2. The van der Waals surface area contributed by atoms with Gasteiger partial charge < -0.3 is 5.32 Å². The zero-order chi connectivity index (χ0) is 14.7. The third kappa shape index (κ3) is 3.19. The summed E-state index contributed by atoms with van der Waals surface area (Å²) in [7, 11) is 0. The highest BCUT2D eigenvalue weighted by atomic mass is 35.5. The molecule has 1 amide bonds. The maximum absolute atomic E-state index is 12.0. The van der Waals surface area contributed by atoms with Crippen LogP contribution in [-0.2, 0) is 11.2 Å². The lowest BCUT2D eigenvalue weighted by atomic mass is 10.1.